The number of oxazole rings is 2. The Balaban J connectivity index is 1.21. The van der Waals surface area contributed by atoms with Crippen LogP contribution >= 0.6 is 24.5 Å². The molecule has 0 N–H and O–H groups in total. The SMILES string of the molecule is c1coc(C2CN(SOSN3CCOC(c4ncco4)C3)CCO2)n1. The first-order valence-electron chi connectivity index (χ1n) is 7.92. The van der Waals surface area contributed by atoms with Crippen LogP contribution in [0.5, 0.6) is 0 Å². The van der Waals surface area contributed by atoms with E-state index in [0.29, 0.717) is 38.1 Å². The number of ether oxygens (including phenoxy) is 2. The summed E-state index contributed by atoms with van der Waals surface area (Å²) in [6.07, 6.45) is 6.03. The van der Waals surface area contributed by atoms with Gasteiger partial charge in [0.05, 0.1) is 50.1 Å². The van der Waals surface area contributed by atoms with Crippen LogP contribution in [0.1, 0.15) is 24.0 Å². The fraction of sp³-hybridized carbons (Fsp3) is 0.571. The van der Waals surface area contributed by atoms with Gasteiger partial charge in [-0.2, -0.15) is 0 Å². The number of nitrogens with zero attached hydrogens (tertiary/aromatic N) is 4. The van der Waals surface area contributed by atoms with Crippen LogP contribution in [-0.4, -0.2) is 58.0 Å². The topological polar surface area (TPSA) is 86.2 Å². The average Bonchev–Trinajstić information content (AvgIpc) is 3.36. The third-order valence-corrected chi connectivity index (χ3v) is 5.36. The highest BCUT2D eigenvalue weighted by Crippen LogP contribution is 2.31. The molecule has 4 rings (SSSR count). The van der Waals surface area contributed by atoms with E-state index >= 15 is 0 Å². The van der Waals surface area contributed by atoms with Gasteiger partial charge in [0.2, 0.25) is 11.8 Å². The van der Waals surface area contributed by atoms with E-state index in [1.54, 1.807) is 24.9 Å². The Bertz CT molecular complexity index is 575. The van der Waals surface area contributed by atoms with Gasteiger partial charge in [-0.05, 0) is 0 Å². The second-order valence-corrected chi connectivity index (χ2v) is 7.33. The van der Waals surface area contributed by atoms with Gasteiger partial charge in [0, 0.05) is 26.2 Å². The molecule has 0 aromatic carbocycles. The monoisotopic (exact) mass is 386 g/mol. The molecule has 2 atom stereocenters. The second kappa shape index (κ2) is 8.54. The molecule has 2 aromatic heterocycles. The summed E-state index contributed by atoms with van der Waals surface area (Å²) >= 11 is 2.63. The van der Waals surface area contributed by atoms with Crippen LogP contribution in [0.2, 0.25) is 0 Å². The van der Waals surface area contributed by atoms with Crippen molar-refractivity contribution < 1.29 is 21.9 Å². The van der Waals surface area contributed by atoms with Gasteiger partial charge in [0.25, 0.3) is 0 Å². The fourth-order valence-corrected chi connectivity index (χ4v) is 4.06. The van der Waals surface area contributed by atoms with Crippen molar-refractivity contribution in [1.82, 2.24) is 18.6 Å². The molecule has 2 fully saturated rings. The maximum Gasteiger partial charge on any atom is 0.224 e. The number of hydrogen-bond acceptors (Lipinski definition) is 11. The Kier molecular flexibility index (Phi) is 5.92. The quantitative estimate of drug-likeness (QED) is 0.541. The van der Waals surface area contributed by atoms with Crippen LogP contribution in [0, 0.1) is 0 Å². The summed E-state index contributed by atoms with van der Waals surface area (Å²) in [7, 11) is 0. The van der Waals surface area contributed by atoms with Crippen LogP contribution in [0.25, 0.3) is 0 Å². The van der Waals surface area contributed by atoms with Gasteiger partial charge >= 0.3 is 0 Å². The van der Waals surface area contributed by atoms with Crippen molar-refractivity contribution in [2.45, 2.75) is 12.2 Å². The number of hydrogen-bond donors (Lipinski definition) is 0. The molecule has 0 radical (unpaired) electrons. The molecular weight excluding hydrogens is 368 g/mol. The van der Waals surface area contributed by atoms with Crippen molar-refractivity contribution in [3.63, 3.8) is 0 Å². The molecule has 0 spiro atoms. The van der Waals surface area contributed by atoms with Crippen LogP contribution in [0.3, 0.4) is 0 Å². The highest BCUT2D eigenvalue weighted by atomic mass is 32.2. The lowest BCUT2D eigenvalue weighted by molar-refractivity contribution is -0.0169. The molecule has 2 saturated heterocycles. The number of morpholine rings is 2. The van der Waals surface area contributed by atoms with E-state index in [9.17, 15) is 0 Å². The molecule has 11 heteroatoms. The van der Waals surface area contributed by atoms with Crippen LogP contribution in [0.4, 0.5) is 0 Å². The third kappa shape index (κ3) is 4.56. The Morgan fingerprint density at radius 3 is 1.84 bits per heavy atom. The molecule has 2 aromatic rings. The lowest BCUT2D eigenvalue weighted by Gasteiger charge is -2.31. The standard InChI is InChI=1S/C14H18N4O5S2/c1-5-21-13(15-1)11-9-17(3-7-19-11)24-23-25-18-4-8-20-12(10-18)14-16-2-6-22-14/h1-2,5-6,11-12H,3-4,7-10H2. The van der Waals surface area contributed by atoms with Crippen LogP contribution in [-0.2, 0) is 13.1 Å². The highest BCUT2D eigenvalue weighted by Gasteiger charge is 2.28. The normalized spacial score (nSPS) is 26.1. The third-order valence-electron chi connectivity index (χ3n) is 3.78. The fourth-order valence-electron chi connectivity index (χ4n) is 2.57. The molecule has 2 unspecified atom stereocenters. The molecule has 25 heavy (non-hydrogen) atoms. The van der Waals surface area contributed by atoms with E-state index in [1.165, 1.54) is 24.5 Å². The van der Waals surface area contributed by atoms with E-state index in [-0.39, 0.29) is 12.2 Å². The van der Waals surface area contributed by atoms with E-state index in [1.807, 2.05) is 0 Å². The van der Waals surface area contributed by atoms with E-state index in [4.69, 9.17) is 21.9 Å². The minimum absolute atomic E-state index is 0.164. The Labute approximate surface area is 153 Å². The van der Waals surface area contributed by atoms with Crippen molar-refractivity contribution in [1.29, 1.82) is 0 Å². The van der Waals surface area contributed by atoms with Crippen molar-refractivity contribution in [3.05, 3.63) is 36.7 Å². The van der Waals surface area contributed by atoms with Gasteiger partial charge in [-0.3, -0.25) is 0 Å². The lowest BCUT2D eigenvalue weighted by atomic mass is 10.3. The molecule has 0 amide bonds. The molecule has 0 saturated carbocycles. The lowest BCUT2D eigenvalue weighted by Crippen LogP contribution is -2.35. The first-order valence-corrected chi connectivity index (χ1v) is 9.31. The smallest absolute Gasteiger partial charge is 0.224 e. The molecule has 9 nitrogen and oxygen atoms in total. The summed E-state index contributed by atoms with van der Waals surface area (Å²) < 4.78 is 31.9. The summed E-state index contributed by atoms with van der Waals surface area (Å²) in [6, 6.07) is 0. The van der Waals surface area contributed by atoms with Gasteiger partial charge < -0.3 is 18.3 Å². The largest absolute Gasteiger partial charge is 0.446 e. The summed E-state index contributed by atoms with van der Waals surface area (Å²) in [5.41, 5.74) is 0. The Hall–Kier alpha value is -1.08. The average molecular weight is 386 g/mol. The van der Waals surface area contributed by atoms with Crippen molar-refractivity contribution in [3.8, 4) is 0 Å². The summed E-state index contributed by atoms with van der Waals surface area (Å²) in [5, 5.41) is 0. The molecule has 0 aliphatic carbocycles. The maximum atomic E-state index is 5.72. The molecule has 4 heterocycles. The number of rotatable bonds is 6. The van der Waals surface area contributed by atoms with Crippen molar-refractivity contribution in [2.24, 2.45) is 0 Å². The summed E-state index contributed by atoms with van der Waals surface area (Å²) in [6.45, 7) is 4.10. The highest BCUT2D eigenvalue weighted by molar-refractivity contribution is 8.05. The zero-order valence-corrected chi connectivity index (χ0v) is 15.0. The van der Waals surface area contributed by atoms with Gasteiger partial charge in [-0.1, -0.05) is 0 Å². The Morgan fingerprint density at radius 2 is 1.40 bits per heavy atom. The molecule has 136 valence electrons. The van der Waals surface area contributed by atoms with Gasteiger partial charge in [0.15, 0.2) is 0 Å². The maximum absolute atomic E-state index is 5.72. The van der Waals surface area contributed by atoms with Crippen molar-refractivity contribution >= 4 is 24.5 Å². The minimum Gasteiger partial charge on any atom is -0.446 e. The zero-order chi connectivity index (χ0) is 16.9. The first kappa shape index (κ1) is 17.3. The minimum atomic E-state index is -0.164. The zero-order valence-electron chi connectivity index (χ0n) is 13.4. The molecule has 2 aliphatic rings. The van der Waals surface area contributed by atoms with Crippen molar-refractivity contribution in [2.75, 3.05) is 39.4 Å². The molecule has 2 aliphatic heterocycles. The molecule has 0 bridgehead atoms. The van der Waals surface area contributed by atoms with Crippen LogP contribution in [0.15, 0.2) is 33.8 Å². The summed E-state index contributed by atoms with van der Waals surface area (Å²) in [5.74, 6) is 1.19. The Morgan fingerprint density at radius 1 is 0.880 bits per heavy atom. The van der Waals surface area contributed by atoms with Gasteiger partial charge in [0.1, 0.15) is 24.7 Å². The second-order valence-electron chi connectivity index (χ2n) is 5.45. The van der Waals surface area contributed by atoms with Gasteiger partial charge in [-0.25, -0.2) is 22.2 Å². The van der Waals surface area contributed by atoms with E-state index < -0.39 is 0 Å². The number of aromatic nitrogens is 2. The van der Waals surface area contributed by atoms with E-state index in [2.05, 4.69) is 18.6 Å². The predicted octanol–water partition coefficient (Wildman–Crippen LogP) is 2.25. The van der Waals surface area contributed by atoms with Crippen LogP contribution < -0.4 is 0 Å². The predicted molar refractivity (Wildman–Crippen MR) is 89.8 cm³/mol. The van der Waals surface area contributed by atoms with Gasteiger partial charge in [-0.15, -0.1) is 0 Å². The van der Waals surface area contributed by atoms with E-state index in [0.717, 1.165) is 13.1 Å². The first-order chi connectivity index (χ1) is 12.4. The molecular formula is C14H18N4O5S2. The summed E-state index contributed by atoms with van der Waals surface area (Å²) in [4.78, 5) is 8.30.